The van der Waals surface area contributed by atoms with Gasteiger partial charge in [-0.3, -0.25) is 0 Å². The van der Waals surface area contributed by atoms with Crippen molar-refractivity contribution in [3.05, 3.63) is 164 Å². The Kier molecular flexibility index (Phi) is 6.06. The maximum absolute atomic E-state index is 5.01. The van der Waals surface area contributed by atoms with Gasteiger partial charge < -0.3 is 9.13 Å². The van der Waals surface area contributed by atoms with Gasteiger partial charge in [-0.25, -0.2) is 15.0 Å². The minimum Gasteiger partial charge on any atom is -0.315 e. The minimum atomic E-state index is 0.633. The van der Waals surface area contributed by atoms with Gasteiger partial charge in [-0.15, -0.1) is 0 Å². The average Bonchev–Trinajstić information content (AvgIpc) is 3.72. The third kappa shape index (κ3) is 4.29. The van der Waals surface area contributed by atoms with Crippen molar-refractivity contribution in [2.45, 2.75) is 0 Å². The first-order valence-electron chi connectivity index (χ1n) is 15.4. The van der Waals surface area contributed by atoms with Gasteiger partial charge in [0.1, 0.15) is 0 Å². The molecule has 0 saturated carbocycles. The zero-order valence-electron chi connectivity index (χ0n) is 24.8. The fourth-order valence-corrected chi connectivity index (χ4v) is 6.47. The predicted octanol–water partition coefficient (Wildman–Crippen LogP) is 9.91. The van der Waals surface area contributed by atoms with E-state index in [9.17, 15) is 0 Å². The zero-order valence-corrected chi connectivity index (χ0v) is 24.8. The maximum Gasteiger partial charge on any atom is 0.164 e. The topological polar surface area (TPSA) is 48.5 Å². The molecule has 5 heteroatoms. The number of hydrogen-bond acceptors (Lipinski definition) is 3. The lowest BCUT2D eigenvalue weighted by Crippen LogP contribution is -2.01. The molecule has 9 rings (SSSR count). The second-order valence-electron chi connectivity index (χ2n) is 11.4. The molecule has 3 heterocycles. The summed E-state index contributed by atoms with van der Waals surface area (Å²) >= 11 is 0. The second-order valence-corrected chi connectivity index (χ2v) is 11.4. The average molecular weight is 590 g/mol. The standard InChI is InChI=1S/C41H27N5/c1-4-13-29(14-5-1)39-42-40(30-15-6-2-7-16-30)44-41(43-39)31-17-12-20-33(27-31)46-36-22-11-10-21-34(36)35-24-23-28-25-26-45(37(28)38(35)46)32-18-8-3-9-19-32/h1-27H. The number of aromatic nitrogens is 5. The Morgan fingerprint density at radius 1 is 0.391 bits per heavy atom. The summed E-state index contributed by atoms with van der Waals surface area (Å²) in [6.45, 7) is 0. The van der Waals surface area contributed by atoms with Gasteiger partial charge >= 0.3 is 0 Å². The van der Waals surface area contributed by atoms with Crippen LogP contribution in [0.1, 0.15) is 0 Å². The van der Waals surface area contributed by atoms with Crippen LogP contribution in [0.3, 0.4) is 0 Å². The molecule has 5 nitrogen and oxygen atoms in total. The smallest absolute Gasteiger partial charge is 0.164 e. The van der Waals surface area contributed by atoms with Gasteiger partial charge in [0.05, 0.1) is 16.6 Å². The number of hydrogen-bond donors (Lipinski definition) is 0. The Balaban J connectivity index is 1.30. The monoisotopic (exact) mass is 589 g/mol. The first-order valence-corrected chi connectivity index (χ1v) is 15.4. The highest BCUT2D eigenvalue weighted by atomic mass is 15.0. The lowest BCUT2D eigenvalue weighted by Gasteiger charge is -2.13. The van der Waals surface area contributed by atoms with Crippen molar-refractivity contribution < 1.29 is 0 Å². The Bertz CT molecular complexity index is 2460. The number of nitrogens with zero attached hydrogens (tertiary/aromatic N) is 5. The van der Waals surface area contributed by atoms with Crippen LogP contribution >= 0.6 is 0 Å². The molecule has 9 aromatic rings. The van der Waals surface area contributed by atoms with Gasteiger partial charge in [-0.1, -0.05) is 121 Å². The molecule has 216 valence electrons. The lowest BCUT2D eigenvalue weighted by atomic mass is 10.1. The molecule has 0 aliphatic heterocycles. The summed E-state index contributed by atoms with van der Waals surface area (Å²) in [6.07, 6.45) is 2.17. The van der Waals surface area contributed by atoms with E-state index in [0.717, 1.165) is 39.1 Å². The van der Waals surface area contributed by atoms with Crippen LogP contribution in [0, 0.1) is 0 Å². The Hall–Kier alpha value is -6.33. The molecule has 0 amide bonds. The fourth-order valence-electron chi connectivity index (χ4n) is 6.47. The van der Waals surface area contributed by atoms with Crippen molar-refractivity contribution in [1.82, 2.24) is 24.1 Å². The first-order chi connectivity index (χ1) is 22.8. The van der Waals surface area contributed by atoms with Crippen LogP contribution < -0.4 is 0 Å². The Morgan fingerprint density at radius 3 is 1.65 bits per heavy atom. The number of benzene rings is 6. The van der Waals surface area contributed by atoms with Crippen LogP contribution in [0.2, 0.25) is 0 Å². The normalized spacial score (nSPS) is 11.5. The Labute approximate surface area is 265 Å². The summed E-state index contributed by atoms with van der Waals surface area (Å²) in [4.78, 5) is 14.9. The van der Waals surface area contributed by atoms with E-state index in [0.29, 0.717) is 17.5 Å². The van der Waals surface area contributed by atoms with Gasteiger partial charge in [-0.2, -0.15) is 0 Å². The molecule has 3 aromatic heterocycles. The summed E-state index contributed by atoms with van der Waals surface area (Å²) in [6, 6.07) is 54.6. The summed E-state index contributed by atoms with van der Waals surface area (Å²) in [5, 5.41) is 3.61. The molecule has 0 fully saturated rings. The molecule has 0 unspecified atom stereocenters. The summed E-state index contributed by atoms with van der Waals surface area (Å²) < 4.78 is 4.68. The maximum atomic E-state index is 5.01. The van der Waals surface area contributed by atoms with Gasteiger partial charge in [0.15, 0.2) is 17.5 Å². The van der Waals surface area contributed by atoms with Gasteiger partial charge in [0.25, 0.3) is 0 Å². The van der Waals surface area contributed by atoms with E-state index in [1.165, 1.54) is 21.7 Å². The molecular weight excluding hydrogens is 562 g/mol. The van der Waals surface area contributed by atoms with Crippen molar-refractivity contribution in [2.24, 2.45) is 0 Å². The highest BCUT2D eigenvalue weighted by Crippen LogP contribution is 2.38. The molecular formula is C41H27N5. The highest BCUT2D eigenvalue weighted by Gasteiger charge is 2.19. The zero-order chi connectivity index (χ0) is 30.5. The van der Waals surface area contributed by atoms with E-state index in [4.69, 9.17) is 15.0 Å². The van der Waals surface area contributed by atoms with Gasteiger partial charge in [0, 0.05) is 50.4 Å². The summed E-state index contributed by atoms with van der Waals surface area (Å²) in [5.74, 6) is 1.93. The molecule has 0 bridgehead atoms. The summed E-state index contributed by atoms with van der Waals surface area (Å²) in [5.41, 5.74) is 8.47. The van der Waals surface area contributed by atoms with Crippen molar-refractivity contribution >= 4 is 32.7 Å². The number of rotatable bonds is 5. The van der Waals surface area contributed by atoms with Crippen LogP contribution in [0.4, 0.5) is 0 Å². The van der Waals surface area contributed by atoms with Crippen molar-refractivity contribution in [1.29, 1.82) is 0 Å². The Morgan fingerprint density at radius 2 is 0.957 bits per heavy atom. The molecule has 0 radical (unpaired) electrons. The van der Waals surface area contributed by atoms with Crippen LogP contribution in [-0.2, 0) is 0 Å². The van der Waals surface area contributed by atoms with Crippen LogP contribution in [-0.4, -0.2) is 24.1 Å². The summed E-state index contributed by atoms with van der Waals surface area (Å²) in [7, 11) is 0. The molecule has 0 spiro atoms. The van der Waals surface area contributed by atoms with E-state index in [-0.39, 0.29) is 0 Å². The van der Waals surface area contributed by atoms with Crippen molar-refractivity contribution in [3.63, 3.8) is 0 Å². The third-order valence-corrected chi connectivity index (χ3v) is 8.58. The van der Waals surface area contributed by atoms with E-state index >= 15 is 0 Å². The minimum absolute atomic E-state index is 0.633. The fraction of sp³-hybridized carbons (Fsp3) is 0. The molecule has 0 saturated heterocycles. The molecule has 0 N–H and O–H groups in total. The molecule has 0 atom stereocenters. The predicted molar refractivity (Wildman–Crippen MR) is 187 cm³/mol. The SMILES string of the molecule is c1ccc(-c2nc(-c3ccccc3)nc(-c3cccc(-n4c5ccccc5c5ccc6ccn(-c7ccccc7)c6c54)c3)n2)cc1. The number of para-hydroxylation sites is 2. The highest BCUT2D eigenvalue weighted by molar-refractivity contribution is 6.18. The molecule has 0 aliphatic carbocycles. The van der Waals surface area contributed by atoms with E-state index in [1.54, 1.807) is 0 Å². The van der Waals surface area contributed by atoms with Crippen molar-refractivity contribution in [2.75, 3.05) is 0 Å². The second kappa shape index (κ2) is 10.7. The quantitative estimate of drug-likeness (QED) is 0.201. The molecule has 0 aliphatic rings. The van der Waals surface area contributed by atoms with Crippen LogP contribution in [0.25, 0.3) is 78.2 Å². The van der Waals surface area contributed by atoms with Gasteiger partial charge in [-0.05, 0) is 36.4 Å². The lowest BCUT2D eigenvalue weighted by molar-refractivity contribution is 1.07. The first kappa shape index (κ1) is 26.1. The number of fused-ring (bicyclic) bond motifs is 5. The third-order valence-electron chi connectivity index (χ3n) is 8.58. The van der Waals surface area contributed by atoms with E-state index < -0.39 is 0 Å². The van der Waals surface area contributed by atoms with E-state index in [2.05, 4.69) is 112 Å². The molecule has 46 heavy (non-hydrogen) atoms. The van der Waals surface area contributed by atoms with Gasteiger partial charge in [0.2, 0.25) is 0 Å². The molecule has 6 aromatic carbocycles. The van der Waals surface area contributed by atoms with E-state index in [1.807, 2.05) is 60.7 Å². The largest absolute Gasteiger partial charge is 0.315 e. The van der Waals surface area contributed by atoms with Crippen molar-refractivity contribution in [3.8, 4) is 45.5 Å². The van der Waals surface area contributed by atoms with Crippen LogP contribution in [0.5, 0.6) is 0 Å². The van der Waals surface area contributed by atoms with Crippen LogP contribution in [0.15, 0.2) is 164 Å².